The fraction of sp³-hybridized carbons (Fsp3) is 0.364. The van der Waals surface area contributed by atoms with Crippen LogP contribution in [-0.2, 0) is 26.1 Å². The van der Waals surface area contributed by atoms with Crippen molar-refractivity contribution in [1.82, 2.24) is 9.62 Å². The maximum absolute atomic E-state index is 12.8. The Morgan fingerprint density at radius 2 is 1.61 bits per heavy atom. The van der Waals surface area contributed by atoms with Crippen LogP contribution in [0.15, 0.2) is 53.4 Å². The van der Waals surface area contributed by atoms with Gasteiger partial charge in [-0.15, -0.1) is 0 Å². The molecule has 1 aliphatic heterocycles. The number of halogens is 1. The van der Waals surface area contributed by atoms with Crippen LogP contribution in [-0.4, -0.2) is 44.3 Å². The summed E-state index contributed by atoms with van der Waals surface area (Å²) in [6.07, 6.45) is 3.76. The molecular weight excluding hydrogens is 440 g/mol. The van der Waals surface area contributed by atoms with E-state index in [0.717, 1.165) is 31.2 Å². The molecule has 9 heteroatoms. The van der Waals surface area contributed by atoms with Crippen molar-refractivity contribution in [2.75, 3.05) is 19.7 Å². The van der Waals surface area contributed by atoms with Crippen molar-refractivity contribution in [2.45, 2.75) is 37.1 Å². The minimum Gasteiger partial charge on any atom is -0.452 e. The van der Waals surface area contributed by atoms with E-state index in [9.17, 15) is 18.0 Å². The molecule has 166 valence electrons. The van der Waals surface area contributed by atoms with Crippen molar-refractivity contribution in [3.05, 3.63) is 64.7 Å². The molecule has 0 spiro atoms. The highest BCUT2D eigenvalue weighted by Gasteiger charge is 2.25. The van der Waals surface area contributed by atoms with Gasteiger partial charge in [0.25, 0.3) is 5.91 Å². The van der Waals surface area contributed by atoms with Crippen molar-refractivity contribution >= 4 is 33.5 Å². The quantitative estimate of drug-likeness (QED) is 0.634. The molecule has 0 bridgehead atoms. The number of amides is 1. The van der Waals surface area contributed by atoms with Gasteiger partial charge in [0.2, 0.25) is 10.0 Å². The van der Waals surface area contributed by atoms with E-state index in [4.69, 9.17) is 16.3 Å². The minimum absolute atomic E-state index is 0.142. The molecule has 2 aromatic carbocycles. The van der Waals surface area contributed by atoms with Crippen LogP contribution in [0.4, 0.5) is 0 Å². The summed E-state index contributed by atoms with van der Waals surface area (Å²) in [4.78, 5) is 24.3. The van der Waals surface area contributed by atoms with Gasteiger partial charge in [0.15, 0.2) is 6.61 Å². The number of ether oxygens (including phenoxy) is 1. The maximum atomic E-state index is 12.8. The van der Waals surface area contributed by atoms with E-state index in [1.165, 1.54) is 28.6 Å². The van der Waals surface area contributed by atoms with E-state index < -0.39 is 28.5 Å². The smallest absolute Gasteiger partial charge is 0.338 e. The van der Waals surface area contributed by atoms with E-state index >= 15 is 0 Å². The topological polar surface area (TPSA) is 92.8 Å². The van der Waals surface area contributed by atoms with Crippen LogP contribution in [0, 0.1) is 0 Å². The third-order valence-electron chi connectivity index (χ3n) is 5.06. The Hall–Kier alpha value is -2.42. The summed E-state index contributed by atoms with van der Waals surface area (Å²) in [6.45, 7) is 0.793. The number of hydrogen-bond donors (Lipinski definition) is 1. The van der Waals surface area contributed by atoms with Crippen LogP contribution < -0.4 is 5.32 Å². The molecule has 7 nitrogen and oxygen atoms in total. The zero-order valence-electron chi connectivity index (χ0n) is 17.1. The van der Waals surface area contributed by atoms with E-state index in [0.29, 0.717) is 18.1 Å². The fourth-order valence-electron chi connectivity index (χ4n) is 3.30. The molecule has 0 saturated carbocycles. The Morgan fingerprint density at radius 1 is 0.968 bits per heavy atom. The van der Waals surface area contributed by atoms with E-state index in [2.05, 4.69) is 5.32 Å². The first-order chi connectivity index (χ1) is 14.9. The first kappa shape index (κ1) is 23.2. The highest BCUT2D eigenvalue weighted by molar-refractivity contribution is 7.89. The van der Waals surface area contributed by atoms with Crippen LogP contribution >= 0.6 is 11.6 Å². The Labute approximate surface area is 187 Å². The number of carbonyl (C=O) groups excluding carboxylic acids is 2. The van der Waals surface area contributed by atoms with Gasteiger partial charge in [-0.05, 0) is 48.7 Å². The molecular formula is C22H25ClN2O5S. The molecule has 31 heavy (non-hydrogen) atoms. The standard InChI is InChI=1S/C22H25ClN2O5S/c23-20-8-4-3-7-18(20)15-24-21(26)16-30-22(27)17-9-11-19(12-10-17)31(28,29)25-13-5-1-2-6-14-25/h3-4,7-12H,1-2,5-6,13-16H2,(H,24,26). The molecule has 0 aromatic heterocycles. The number of sulfonamides is 1. The zero-order valence-corrected chi connectivity index (χ0v) is 18.6. The predicted octanol–water partition coefficient (Wildman–Crippen LogP) is 3.38. The van der Waals surface area contributed by atoms with Crippen LogP contribution in [0.1, 0.15) is 41.6 Å². The average Bonchev–Trinajstić information content (AvgIpc) is 3.07. The number of hydrogen-bond acceptors (Lipinski definition) is 5. The summed E-state index contributed by atoms with van der Waals surface area (Å²) in [5, 5.41) is 3.17. The van der Waals surface area contributed by atoms with Crippen molar-refractivity contribution in [2.24, 2.45) is 0 Å². The lowest BCUT2D eigenvalue weighted by Crippen LogP contribution is -2.32. The van der Waals surface area contributed by atoms with Gasteiger partial charge >= 0.3 is 5.97 Å². The van der Waals surface area contributed by atoms with Crippen LogP contribution in [0.3, 0.4) is 0 Å². The van der Waals surface area contributed by atoms with Gasteiger partial charge in [0, 0.05) is 24.7 Å². The molecule has 0 aliphatic carbocycles. The Kier molecular flexibility index (Phi) is 8.06. The van der Waals surface area contributed by atoms with Crippen LogP contribution in [0.5, 0.6) is 0 Å². The second-order valence-electron chi connectivity index (χ2n) is 7.29. The van der Waals surface area contributed by atoms with Gasteiger partial charge in [-0.1, -0.05) is 42.6 Å². The van der Waals surface area contributed by atoms with E-state index in [1.807, 2.05) is 6.07 Å². The second-order valence-corrected chi connectivity index (χ2v) is 9.63. The number of carbonyl (C=O) groups is 2. The van der Waals surface area contributed by atoms with Crippen molar-refractivity contribution in [3.8, 4) is 0 Å². The summed E-state index contributed by atoms with van der Waals surface area (Å²) >= 11 is 6.04. The lowest BCUT2D eigenvalue weighted by atomic mass is 10.2. The Morgan fingerprint density at radius 3 is 2.26 bits per heavy atom. The molecule has 1 saturated heterocycles. The molecule has 1 heterocycles. The second kappa shape index (κ2) is 10.7. The van der Waals surface area contributed by atoms with E-state index in [-0.39, 0.29) is 17.0 Å². The summed E-state index contributed by atoms with van der Waals surface area (Å²) in [7, 11) is -3.58. The highest BCUT2D eigenvalue weighted by Crippen LogP contribution is 2.21. The van der Waals surface area contributed by atoms with Crippen molar-refractivity contribution in [1.29, 1.82) is 0 Å². The van der Waals surface area contributed by atoms with Crippen LogP contribution in [0.2, 0.25) is 5.02 Å². The largest absolute Gasteiger partial charge is 0.452 e. The van der Waals surface area contributed by atoms with Gasteiger partial charge in [0.05, 0.1) is 10.5 Å². The zero-order chi connectivity index (χ0) is 22.3. The van der Waals surface area contributed by atoms with Gasteiger partial charge in [-0.2, -0.15) is 4.31 Å². The predicted molar refractivity (Wildman–Crippen MR) is 117 cm³/mol. The number of nitrogens with one attached hydrogen (secondary N) is 1. The molecule has 1 N–H and O–H groups in total. The third kappa shape index (κ3) is 6.29. The summed E-state index contributed by atoms with van der Waals surface area (Å²) < 4.78 is 32.1. The lowest BCUT2D eigenvalue weighted by Gasteiger charge is -2.19. The first-order valence-electron chi connectivity index (χ1n) is 10.2. The molecule has 0 unspecified atom stereocenters. The van der Waals surface area contributed by atoms with Crippen LogP contribution in [0.25, 0.3) is 0 Å². The van der Waals surface area contributed by atoms with E-state index in [1.54, 1.807) is 18.2 Å². The summed E-state index contributed by atoms with van der Waals surface area (Å²) in [6, 6.07) is 12.7. The fourth-order valence-corrected chi connectivity index (χ4v) is 5.01. The van der Waals surface area contributed by atoms with Crippen molar-refractivity contribution in [3.63, 3.8) is 0 Å². The SMILES string of the molecule is O=C(COC(=O)c1ccc(S(=O)(=O)N2CCCCCC2)cc1)NCc1ccccc1Cl. The molecule has 0 radical (unpaired) electrons. The maximum Gasteiger partial charge on any atom is 0.338 e. The average molecular weight is 465 g/mol. The van der Waals surface area contributed by atoms with Gasteiger partial charge < -0.3 is 10.1 Å². The monoisotopic (exact) mass is 464 g/mol. The molecule has 1 amide bonds. The molecule has 0 atom stereocenters. The number of rotatable bonds is 7. The summed E-state index contributed by atoms with van der Waals surface area (Å²) in [5.41, 5.74) is 0.929. The normalized spacial score (nSPS) is 15.1. The highest BCUT2D eigenvalue weighted by atomic mass is 35.5. The van der Waals surface area contributed by atoms with Gasteiger partial charge in [0.1, 0.15) is 0 Å². The molecule has 3 rings (SSSR count). The van der Waals surface area contributed by atoms with Crippen molar-refractivity contribution < 1.29 is 22.7 Å². The number of benzene rings is 2. The third-order valence-corrected chi connectivity index (χ3v) is 7.34. The van der Waals surface area contributed by atoms with Gasteiger partial charge in [-0.3, -0.25) is 4.79 Å². The number of esters is 1. The molecule has 1 aliphatic rings. The molecule has 2 aromatic rings. The van der Waals surface area contributed by atoms with Gasteiger partial charge in [-0.25, -0.2) is 13.2 Å². The Bertz CT molecular complexity index is 1020. The lowest BCUT2D eigenvalue weighted by molar-refractivity contribution is -0.124. The Balaban J connectivity index is 1.53. The summed E-state index contributed by atoms with van der Waals surface area (Å²) in [5.74, 6) is -1.17. The molecule has 1 fully saturated rings. The first-order valence-corrected chi connectivity index (χ1v) is 12.0. The number of nitrogens with zero attached hydrogens (tertiary/aromatic N) is 1. The minimum atomic E-state index is -3.58.